The number of nitriles is 1. The fourth-order valence-corrected chi connectivity index (χ4v) is 1.81. The van der Waals surface area contributed by atoms with E-state index in [-0.39, 0.29) is 11.7 Å². The molecule has 0 aliphatic rings. The normalized spacial score (nSPS) is 10.2. The summed E-state index contributed by atoms with van der Waals surface area (Å²) in [5.41, 5.74) is 1.52. The second kappa shape index (κ2) is 7.04. The summed E-state index contributed by atoms with van der Waals surface area (Å²) >= 11 is 0. The molecule has 4 nitrogen and oxygen atoms in total. The van der Waals surface area contributed by atoms with Crippen LogP contribution in [0.5, 0.6) is 5.75 Å². The van der Waals surface area contributed by atoms with Crippen molar-refractivity contribution in [2.75, 3.05) is 12.4 Å². The number of ether oxygens (including phenoxy) is 1. The zero-order valence-corrected chi connectivity index (χ0v) is 11.8. The van der Waals surface area contributed by atoms with E-state index in [2.05, 4.69) is 5.32 Å². The van der Waals surface area contributed by atoms with Crippen molar-refractivity contribution in [1.29, 1.82) is 5.26 Å². The number of carbonyl (C=O) groups is 1. The van der Waals surface area contributed by atoms with Gasteiger partial charge in [0, 0.05) is 11.8 Å². The van der Waals surface area contributed by atoms with Gasteiger partial charge in [0.1, 0.15) is 0 Å². The lowest BCUT2D eigenvalue weighted by Gasteiger charge is -2.03. The van der Waals surface area contributed by atoms with Gasteiger partial charge in [0.05, 0.1) is 18.7 Å². The number of nitrogens with zero attached hydrogens (tertiary/aromatic N) is 1. The highest BCUT2D eigenvalue weighted by Gasteiger charge is 2.02. The van der Waals surface area contributed by atoms with Crippen LogP contribution in [-0.4, -0.2) is 13.0 Å². The van der Waals surface area contributed by atoms with Gasteiger partial charge < -0.3 is 10.1 Å². The predicted molar refractivity (Wildman–Crippen MR) is 81.8 cm³/mol. The topological polar surface area (TPSA) is 62.1 Å². The highest BCUT2D eigenvalue weighted by Crippen LogP contribution is 2.18. The fourth-order valence-electron chi connectivity index (χ4n) is 1.81. The first-order valence-corrected chi connectivity index (χ1v) is 6.45. The molecular weight excluding hydrogens is 283 g/mol. The maximum Gasteiger partial charge on any atom is 0.248 e. The van der Waals surface area contributed by atoms with Crippen molar-refractivity contribution in [3.05, 3.63) is 65.5 Å². The molecule has 1 N–H and O–H groups in total. The van der Waals surface area contributed by atoms with Crippen molar-refractivity contribution in [3.8, 4) is 11.8 Å². The number of nitrogens with one attached hydrogen (secondary N) is 1. The zero-order valence-electron chi connectivity index (χ0n) is 11.8. The molecule has 5 heteroatoms. The molecule has 2 rings (SSSR count). The van der Waals surface area contributed by atoms with E-state index in [1.54, 1.807) is 30.3 Å². The smallest absolute Gasteiger partial charge is 0.248 e. The number of carbonyl (C=O) groups excluding carboxylic acids is 1. The summed E-state index contributed by atoms with van der Waals surface area (Å²) in [6, 6.07) is 13.0. The summed E-state index contributed by atoms with van der Waals surface area (Å²) in [4.78, 5) is 11.8. The Balaban J connectivity index is 2.05. The van der Waals surface area contributed by atoms with E-state index in [9.17, 15) is 9.18 Å². The van der Waals surface area contributed by atoms with Gasteiger partial charge in [0.25, 0.3) is 0 Å². The van der Waals surface area contributed by atoms with Crippen molar-refractivity contribution in [1.82, 2.24) is 0 Å². The number of methoxy groups -OCH3 is 1. The van der Waals surface area contributed by atoms with Crippen molar-refractivity contribution in [3.63, 3.8) is 0 Å². The molecule has 2 aromatic carbocycles. The Morgan fingerprint density at radius 2 is 2.14 bits per heavy atom. The minimum atomic E-state index is -0.494. The van der Waals surface area contributed by atoms with Crippen LogP contribution in [0.25, 0.3) is 6.08 Å². The van der Waals surface area contributed by atoms with Crippen LogP contribution in [0.1, 0.15) is 11.1 Å². The third kappa shape index (κ3) is 3.93. The van der Waals surface area contributed by atoms with Gasteiger partial charge in [-0.15, -0.1) is 0 Å². The second-order valence-corrected chi connectivity index (χ2v) is 4.41. The van der Waals surface area contributed by atoms with Crippen LogP contribution in [0.4, 0.5) is 10.1 Å². The highest BCUT2D eigenvalue weighted by molar-refractivity contribution is 6.02. The second-order valence-electron chi connectivity index (χ2n) is 4.41. The Hall–Kier alpha value is -3.13. The number of hydrogen-bond acceptors (Lipinski definition) is 3. The van der Waals surface area contributed by atoms with Gasteiger partial charge in [0.2, 0.25) is 5.91 Å². The van der Waals surface area contributed by atoms with Gasteiger partial charge in [-0.05, 0) is 42.0 Å². The van der Waals surface area contributed by atoms with Gasteiger partial charge in [-0.1, -0.05) is 12.1 Å². The van der Waals surface area contributed by atoms with E-state index in [1.807, 2.05) is 6.07 Å². The van der Waals surface area contributed by atoms with Crippen LogP contribution >= 0.6 is 0 Å². The van der Waals surface area contributed by atoms with Gasteiger partial charge in [-0.25, -0.2) is 4.39 Å². The lowest BCUT2D eigenvalue weighted by molar-refractivity contribution is -0.111. The quantitative estimate of drug-likeness (QED) is 0.880. The Morgan fingerprint density at radius 3 is 2.82 bits per heavy atom. The monoisotopic (exact) mass is 296 g/mol. The third-order valence-electron chi connectivity index (χ3n) is 2.86. The standard InChI is InChI=1S/C17H13FN2O2/c1-22-16-7-5-12(10-15(16)18)6-8-17(21)20-14-4-2-3-13(9-14)11-19/h2-10H,1H3,(H,20,21)/b8-6+. The molecule has 110 valence electrons. The molecule has 2 aromatic rings. The molecule has 0 saturated carbocycles. The van der Waals surface area contributed by atoms with E-state index < -0.39 is 5.82 Å². The molecule has 0 aliphatic heterocycles. The summed E-state index contributed by atoms with van der Waals surface area (Å²) in [7, 11) is 1.39. The predicted octanol–water partition coefficient (Wildman–Crippen LogP) is 3.36. The fraction of sp³-hybridized carbons (Fsp3) is 0.0588. The molecule has 0 spiro atoms. The van der Waals surface area contributed by atoms with Gasteiger partial charge in [-0.3, -0.25) is 4.79 Å². The van der Waals surface area contributed by atoms with Crippen molar-refractivity contribution < 1.29 is 13.9 Å². The van der Waals surface area contributed by atoms with E-state index in [0.717, 1.165) is 0 Å². The first-order valence-electron chi connectivity index (χ1n) is 6.45. The molecule has 0 atom stereocenters. The van der Waals surface area contributed by atoms with Crippen molar-refractivity contribution in [2.24, 2.45) is 0 Å². The van der Waals surface area contributed by atoms with Crippen molar-refractivity contribution in [2.45, 2.75) is 0 Å². The van der Waals surface area contributed by atoms with Gasteiger partial charge in [-0.2, -0.15) is 5.26 Å². The van der Waals surface area contributed by atoms with E-state index in [1.165, 1.54) is 31.4 Å². The molecule has 0 radical (unpaired) electrons. The number of halogens is 1. The van der Waals surface area contributed by atoms with Crippen LogP contribution in [0.3, 0.4) is 0 Å². The van der Waals surface area contributed by atoms with Crippen LogP contribution in [0, 0.1) is 17.1 Å². The first kappa shape index (κ1) is 15.3. The maximum absolute atomic E-state index is 13.5. The molecule has 1 amide bonds. The summed E-state index contributed by atoms with van der Waals surface area (Å²) < 4.78 is 18.3. The van der Waals surface area contributed by atoms with Gasteiger partial charge >= 0.3 is 0 Å². The Morgan fingerprint density at radius 1 is 1.32 bits per heavy atom. The molecule has 0 bridgehead atoms. The number of anilines is 1. The lowest BCUT2D eigenvalue weighted by Crippen LogP contribution is -2.07. The van der Waals surface area contributed by atoms with Crippen LogP contribution < -0.4 is 10.1 Å². The molecule has 0 saturated heterocycles. The summed E-state index contributed by atoms with van der Waals surface area (Å²) in [5.74, 6) is -0.715. The number of benzene rings is 2. The molecule has 0 aliphatic carbocycles. The molecule has 0 fully saturated rings. The van der Waals surface area contributed by atoms with E-state index in [4.69, 9.17) is 10.00 Å². The third-order valence-corrected chi connectivity index (χ3v) is 2.86. The average Bonchev–Trinajstić information content (AvgIpc) is 2.53. The molecule has 0 heterocycles. The summed E-state index contributed by atoms with van der Waals surface area (Å²) in [6.45, 7) is 0. The Labute approximate surface area is 127 Å². The number of rotatable bonds is 4. The van der Waals surface area contributed by atoms with Gasteiger partial charge in [0.15, 0.2) is 11.6 Å². The zero-order chi connectivity index (χ0) is 15.9. The van der Waals surface area contributed by atoms with Crippen LogP contribution in [0.15, 0.2) is 48.5 Å². The van der Waals surface area contributed by atoms with E-state index in [0.29, 0.717) is 16.8 Å². The summed E-state index contributed by atoms with van der Waals surface area (Å²) in [6.07, 6.45) is 2.78. The number of hydrogen-bond donors (Lipinski definition) is 1. The van der Waals surface area contributed by atoms with E-state index >= 15 is 0 Å². The average molecular weight is 296 g/mol. The van der Waals surface area contributed by atoms with Crippen molar-refractivity contribution >= 4 is 17.7 Å². The maximum atomic E-state index is 13.5. The minimum Gasteiger partial charge on any atom is -0.494 e. The molecule has 0 unspecified atom stereocenters. The molecule has 0 aromatic heterocycles. The van der Waals surface area contributed by atoms with Crippen LogP contribution in [-0.2, 0) is 4.79 Å². The SMILES string of the molecule is COc1ccc(/C=C/C(=O)Nc2cccc(C#N)c2)cc1F. The Bertz CT molecular complexity index is 763. The summed E-state index contributed by atoms with van der Waals surface area (Å²) in [5, 5.41) is 11.4. The highest BCUT2D eigenvalue weighted by atomic mass is 19.1. The number of amides is 1. The lowest BCUT2D eigenvalue weighted by atomic mass is 10.2. The molecule has 22 heavy (non-hydrogen) atoms. The van der Waals surface area contributed by atoms with Crippen LogP contribution in [0.2, 0.25) is 0 Å². The first-order chi connectivity index (χ1) is 10.6. The Kier molecular flexibility index (Phi) is 4.89. The minimum absolute atomic E-state index is 0.148. The molecular formula is C17H13FN2O2. The largest absolute Gasteiger partial charge is 0.494 e.